The Bertz CT molecular complexity index is 1180. The number of hydrogen-bond donors (Lipinski definition) is 2. The molecular formula is C22H26F4N4O4S. The Hall–Kier alpha value is -2.77. The molecule has 0 aliphatic carbocycles. The summed E-state index contributed by atoms with van der Waals surface area (Å²) in [6.07, 6.45) is -3.76. The molecule has 0 spiro atoms. The van der Waals surface area contributed by atoms with Crippen LogP contribution in [0.4, 0.5) is 23.4 Å². The number of sulfonamides is 1. The fraction of sp³-hybridized carbons (Fsp3) is 0.455. The number of anilines is 1. The highest BCUT2D eigenvalue weighted by Crippen LogP contribution is 2.32. The van der Waals surface area contributed by atoms with E-state index in [2.05, 4.69) is 15.0 Å². The van der Waals surface area contributed by atoms with Crippen LogP contribution in [0.2, 0.25) is 0 Å². The van der Waals surface area contributed by atoms with Crippen LogP contribution in [0, 0.1) is 5.82 Å². The van der Waals surface area contributed by atoms with E-state index in [1.54, 1.807) is 11.8 Å². The Morgan fingerprint density at radius 2 is 1.86 bits per heavy atom. The number of nitrogens with zero attached hydrogens (tertiary/aromatic N) is 2. The van der Waals surface area contributed by atoms with E-state index in [1.807, 2.05) is 0 Å². The van der Waals surface area contributed by atoms with Gasteiger partial charge in [-0.2, -0.15) is 13.2 Å². The van der Waals surface area contributed by atoms with Crippen molar-refractivity contribution in [2.24, 2.45) is 0 Å². The maximum atomic E-state index is 14.4. The van der Waals surface area contributed by atoms with Crippen LogP contribution in [-0.2, 0) is 38.8 Å². The number of carbonyl (C=O) groups is 1. The van der Waals surface area contributed by atoms with Crippen molar-refractivity contribution in [2.45, 2.75) is 38.2 Å². The number of nitrogens with one attached hydrogen (secondary N) is 2. The summed E-state index contributed by atoms with van der Waals surface area (Å²) in [7, 11) is -1.98. The van der Waals surface area contributed by atoms with Crippen LogP contribution in [-0.4, -0.2) is 51.9 Å². The van der Waals surface area contributed by atoms with E-state index in [9.17, 15) is 30.8 Å². The molecule has 1 saturated heterocycles. The SMILES string of the molecule is COC1CN(c2nc(C(F)(F)F)ccc2CNC(=O)C(C)c2ccc(CNS(C)(=O)=O)c(F)c2)C1. The summed E-state index contributed by atoms with van der Waals surface area (Å²) in [6, 6.07) is 6.20. The van der Waals surface area contributed by atoms with Gasteiger partial charge in [0.25, 0.3) is 0 Å². The van der Waals surface area contributed by atoms with E-state index in [1.165, 1.54) is 25.3 Å². The van der Waals surface area contributed by atoms with Gasteiger partial charge in [0.2, 0.25) is 15.9 Å². The molecule has 1 amide bonds. The van der Waals surface area contributed by atoms with Crippen molar-refractivity contribution in [3.63, 3.8) is 0 Å². The first-order chi connectivity index (χ1) is 16.3. The quantitative estimate of drug-likeness (QED) is 0.495. The van der Waals surface area contributed by atoms with Crippen LogP contribution in [0.25, 0.3) is 0 Å². The van der Waals surface area contributed by atoms with Gasteiger partial charge in [-0.3, -0.25) is 4.79 Å². The third-order valence-corrected chi connectivity index (χ3v) is 6.34. The average molecular weight is 519 g/mol. The number of pyridine rings is 1. The van der Waals surface area contributed by atoms with E-state index >= 15 is 0 Å². The first kappa shape index (κ1) is 26.8. The maximum absolute atomic E-state index is 14.4. The fourth-order valence-electron chi connectivity index (χ4n) is 3.48. The minimum atomic E-state index is -4.61. The van der Waals surface area contributed by atoms with Crippen molar-refractivity contribution in [3.05, 3.63) is 58.5 Å². The summed E-state index contributed by atoms with van der Waals surface area (Å²) < 4.78 is 83.7. The largest absolute Gasteiger partial charge is 0.433 e. The normalized spacial score (nSPS) is 15.6. The number of hydrogen-bond acceptors (Lipinski definition) is 6. The second-order valence-corrected chi connectivity index (χ2v) is 10.2. The summed E-state index contributed by atoms with van der Waals surface area (Å²) in [6.45, 7) is 2.01. The highest BCUT2D eigenvalue weighted by atomic mass is 32.2. The molecule has 3 rings (SSSR count). The minimum Gasteiger partial charge on any atom is -0.378 e. The van der Waals surface area contributed by atoms with Gasteiger partial charge in [0, 0.05) is 44.4 Å². The molecule has 0 radical (unpaired) electrons. The molecule has 2 aromatic rings. The molecule has 35 heavy (non-hydrogen) atoms. The molecule has 1 atom stereocenters. The molecular weight excluding hydrogens is 492 g/mol. The zero-order valence-corrected chi connectivity index (χ0v) is 20.1. The number of methoxy groups -OCH3 is 1. The van der Waals surface area contributed by atoms with Crippen molar-refractivity contribution >= 4 is 21.7 Å². The number of aromatic nitrogens is 1. The number of alkyl halides is 3. The van der Waals surface area contributed by atoms with Gasteiger partial charge in [0.15, 0.2) is 0 Å². The lowest BCUT2D eigenvalue weighted by molar-refractivity contribution is -0.141. The number of ether oxygens (including phenoxy) is 1. The lowest BCUT2D eigenvalue weighted by Gasteiger charge is -2.40. The van der Waals surface area contributed by atoms with E-state index in [0.29, 0.717) is 24.2 Å². The van der Waals surface area contributed by atoms with Gasteiger partial charge in [-0.25, -0.2) is 22.5 Å². The van der Waals surface area contributed by atoms with Gasteiger partial charge in [-0.15, -0.1) is 0 Å². The Labute approximate surface area is 200 Å². The molecule has 1 aliphatic rings. The standard InChI is InChI=1S/C22H26F4N4O4S/c1-13(14-4-5-15(18(23)8-14)10-28-35(3,32)33)21(31)27-9-16-6-7-19(22(24,25)26)29-20(16)30-11-17(12-30)34-2/h4-8,13,17,28H,9-12H2,1-3H3,(H,27,31). The zero-order valence-electron chi connectivity index (χ0n) is 19.3. The molecule has 0 saturated carbocycles. The van der Waals surface area contributed by atoms with E-state index in [4.69, 9.17) is 4.74 Å². The fourth-order valence-corrected chi connectivity index (χ4v) is 3.90. The average Bonchev–Trinajstić information content (AvgIpc) is 2.74. The molecule has 192 valence electrons. The van der Waals surface area contributed by atoms with Crippen LogP contribution in [0.5, 0.6) is 0 Å². The Morgan fingerprint density at radius 1 is 1.20 bits per heavy atom. The highest BCUT2D eigenvalue weighted by molar-refractivity contribution is 7.88. The molecule has 1 aromatic carbocycles. The van der Waals surface area contributed by atoms with Crippen LogP contribution >= 0.6 is 0 Å². The van der Waals surface area contributed by atoms with E-state index in [0.717, 1.165) is 18.4 Å². The number of halogens is 4. The van der Waals surface area contributed by atoms with Crippen LogP contribution in [0.3, 0.4) is 0 Å². The smallest absolute Gasteiger partial charge is 0.378 e. The Kier molecular flexibility index (Phi) is 8.02. The van der Waals surface area contributed by atoms with Crippen molar-refractivity contribution in [1.82, 2.24) is 15.0 Å². The second-order valence-electron chi connectivity index (χ2n) is 8.32. The molecule has 8 nitrogen and oxygen atoms in total. The summed E-state index contributed by atoms with van der Waals surface area (Å²) in [5.74, 6) is -1.78. The maximum Gasteiger partial charge on any atom is 0.433 e. The van der Waals surface area contributed by atoms with Gasteiger partial charge in [-0.1, -0.05) is 18.2 Å². The molecule has 0 bridgehead atoms. The molecule has 13 heteroatoms. The highest BCUT2D eigenvalue weighted by Gasteiger charge is 2.36. The Morgan fingerprint density at radius 3 is 2.43 bits per heavy atom. The van der Waals surface area contributed by atoms with Crippen molar-refractivity contribution in [2.75, 3.05) is 31.4 Å². The predicted molar refractivity (Wildman–Crippen MR) is 121 cm³/mol. The van der Waals surface area contributed by atoms with Gasteiger partial charge in [0.1, 0.15) is 17.3 Å². The third-order valence-electron chi connectivity index (χ3n) is 5.68. The first-order valence-electron chi connectivity index (χ1n) is 10.6. The molecule has 1 aliphatic heterocycles. The summed E-state index contributed by atoms with van der Waals surface area (Å²) in [5, 5.41) is 2.67. The first-order valence-corrected chi connectivity index (χ1v) is 12.5. The lowest BCUT2D eigenvalue weighted by Crippen LogP contribution is -2.52. The number of amides is 1. The van der Waals surface area contributed by atoms with Gasteiger partial charge < -0.3 is 15.0 Å². The summed E-state index contributed by atoms with van der Waals surface area (Å²) >= 11 is 0. The zero-order chi connectivity index (χ0) is 26.0. The van der Waals surface area contributed by atoms with Crippen LogP contribution in [0.15, 0.2) is 30.3 Å². The van der Waals surface area contributed by atoms with E-state index < -0.39 is 39.5 Å². The number of rotatable bonds is 9. The van der Waals surface area contributed by atoms with Crippen LogP contribution in [0.1, 0.15) is 35.2 Å². The second kappa shape index (κ2) is 10.5. The monoisotopic (exact) mass is 518 g/mol. The summed E-state index contributed by atoms with van der Waals surface area (Å²) in [4.78, 5) is 18.1. The van der Waals surface area contributed by atoms with Crippen molar-refractivity contribution < 1.29 is 35.5 Å². The third kappa shape index (κ3) is 6.89. The number of benzene rings is 1. The number of carbonyl (C=O) groups excluding carboxylic acids is 1. The lowest BCUT2D eigenvalue weighted by atomic mass is 9.98. The molecule has 1 unspecified atom stereocenters. The van der Waals surface area contributed by atoms with Gasteiger partial charge >= 0.3 is 6.18 Å². The topological polar surface area (TPSA) is 101 Å². The van der Waals surface area contributed by atoms with Crippen molar-refractivity contribution in [3.8, 4) is 0 Å². The Balaban J connectivity index is 1.70. The van der Waals surface area contributed by atoms with Gasteiger partial charge in [0.05, 0.1) is 18.3 Å². The molecule has 2 N–H and O–H groups in total. The molecule has 2 heterocycles. The van der Waals surface area contributed by atoms with E-state index in [-0.39, 0.29) is 30.6 Å². The predicted octanol–water partition coefficient (Wildman–Crippen LogP) is 2.54. The molecule has 1 aromatic heterocycles. The van der Waals surface area contributed by atoms with Crippen LogP contribution < -0.4 is 14.9 Å². The molecule has 1 fully saturated rings. The minimum absolute atomic E-state index is 0.0728. The summed E-state index contributed by atoms with van der Waals surface area (Å²) in [5.41, 5.74) is -0.144. The van der Waals surface area contributed by atoms with Gasteiger partial charge in [-0.05, 0) is 24.6 Å². The van der Waals surface area contributed by atoms with Crippen molar-refractivity contribution in [1.29, 1.82) is 0 Å².